The van der Waals surface area contributed by atoms with Crippen molar-refractivity contribution < 1.29 is 14.3 Å². The van der Waals surface area contributed by atoms with Gasteiger partial charge in [0.1, 0.15) is 11.3 Å². The van der Waals surface area contributed by atoms with Crippen molar-refractivity contribution in [2.24, 2.45) is 0 Å². The third-order valence-corrected chi connectivity index (χ3v) is 3.45. The summed E-state index contributed by atoms with van der Waals surface area (Å²) in [5, 5.41) is 5.55. The first kappa shape index (κ1) is 14.2. The molecule has 0 saturated carbocycles. The summed E-state index contributed by atoms with van der Waals surface area (Å²) in [5.41, 5.74) is -0.286. The van der Waals surface area contributed by atoms with Crippen molar-refractivity contribution in [1.82, 2.24) is 10.2 Å². The van der Waals surface area contributed by atoms with E-state index in [0.29, 0.717) is 24.5 Å². The Balaban J connectivity index is 2.17. The number of urea groups is 1. The van der Waals surface area contributed by atoms with Crippen molar-refractivity contribution >= 4 is 17.6 Å². The standard InChI is InChI=1S/C14H19N3O3/c1-14(2)12(18)15-8-9-17(14)13(19)16-10-6-4-5-7-11(10)20-3/h4-7H,8-9H2,1-3H3,(H,15,18)(H,16,19). The minimum absolute atomic E-state index is 0.154. The lowest BCUT2D eigenvalue weighted by Crippen LogP contribution is -2.64. The number of ether oxygens (including phenoxy) is 1. The Kier molecular flexibility index (Phi) is 3.83. The molecule has 0 unspecified atom stereocenters. The molecule has 1 aromatic rings. The molecular formula is C14H19N3O3. The Labute approximate surface area is 118 Å². The highest BCUT2D eigenvalue weighted by molar-refractivity contribution is 5.97. The van der Waals surface area contributed by atoms with Crippen molar-refractivity contribution in [3.8, 4) is 5.75 Å². The second-order valence-electron chi connectivity index (χ2n) is 5.10. The van der Waals surface area contributed by atoms with Crippen LogP contribution < -0.4 is 15.4 Å². The van der Waals surface area contributed by atoms with E-state index in [-0.39, 0.29) is 11.9 Å². The quantitative estimate of drug-likeness (QED) is 0.859. The summed E-state index contributed by atoms with van der Waals surface area (Å²) in [7, 11) is 1.54. The average Bonchev–Trinajstić information content (AvgIpc) is 2.42. The summed E-state index contributed by atoms with van der Waals surface area (Å²) in [6, 6.07) is 6.85. The van der Waals surface area contributed by atoms with Gasteiger partial charge < -0.3 is 20.3 Å². The molecule has 0 aromatic heterocycles. The zero-order valence-electron chi connectivity index (χ0n) is 11.9. The van der Waals surface area contributed by atoms with Crippen LogP contribution in [0.4, 0.5) is 10.5 Å². The van der Waals surface area contributed by atoms with E-state index in [4.69, 9.17) is 4.74 Å². The highest BCUT2D eigenvalue weighted by atomic mass is 16.5. The Hall–Kier alpha value is -2.24. The van der Waals surface area contributed by atoms with Crippen LogP contribution in [0.15, 0.2) is 24.3 Å². The van der Waals surface area contributed by atoms with Crippen LogP contribution in [-0.4, -0.2) is 42.6 Å². The molecule has 1 heterocycles. The second kappa shape index (κ2) is 5.40. The molecule has 1 saturated heterocycles. The molecule has 20 heavy (non-hydrogen) atoms. The number of hydrogen-bond acceptors (Lipinski definition) is 3. The molecule has 0 bridgehead atoms. The lowest BCUT2D eigenvalue weighted by Gasteiger charge is -2.40. The van der Waals surface area contributed by atoms with Crippen LogP contribution in [0.25, 0.3) is 0 Å². The number of piperazine rings is 1. The van der Waals surface area contributed by atoms with Crippen LogP contribution in [0.1, 0.15) is 13.8 Å². The number of nitrogens with zero attached hydrogens (tertiary/aromatic N) is 1. The Morgan fingerprint density at radius 1 is 1.40 bits per heavy atom. The van der Waals surface area contributed by atoms with Gasteiger partial charge in [-0.2, -0.15) is 0 Å². The summed E-state index contributed by atoms with van der Waals surface area (Å²) in [6.45, 7) is 4.38. The topological polar surface area (TPSA) is 70.7 Å². The number of nitrogens with one attached hydrogen (secondary N) is 2. The number of anilines is 1. The second-order valence-corrected chi connectivity index (χ2v) is 5.10. The third kappa shape index (κ3) is 2.54. The molecule has 0 atom stereocenters. The summed E-state index contributed by atoms with van der Waals surface area (Å²) in [5.74, 6) is 0.430. The smallest absolute Gasteiger partial charge is 0.322 e. The fourth-order valence-corrected chi connectivity index (χ4v) is 2.19. The van der Waals surface area contributed by atoms with E-state index >= 15 is 0 Å². The molecule has 3 amide bonds. The molecule has 0 spiro atoms. The zero-order chi connectivity index (χ0) is 14.8. The lowest BCUT2D eigenvalue weighted by atomic mass is 9.99. The molecule has 2 N–H and O–H groups in total. The van der Waals surface area contributed by atoms with Gasteiger partial charge in [0.15, 0.2) is 0 Å². The van der Waals surface area contributed by atoms with Gasteiger partial charge in [0.2, 0.25) is 5.91 Å². The number of hydrogen-bond donors (Lipinski definition) is 2. The first-order chi connectivity index (χ1) is 9.46. The summed E-state index contributed by atoms with van der Waals surface area (Å²) in [4.78, 5) is 25.8. The molecule has 6 heteroatoms. The van der Waals surface area contributed by atoms with Gasteiger partial charge in [-0.05, 0) is 26.0 Å². The fraction of sp³-hybridized carbons (Fsp3) is 0.429. The molecule has 6 nitrogen and oxygen atoms in total. The largest absolute Gasteiger partial charge is 0.495 e. The van der Waals surface area contributed by atoms with E-state index in [1.165, 1.54) is 4.90 Å². The van der Waals surface area contributed by atoms with Crippen molar-refractivity contribution in [1.29, 1.82) is 0 Å². The summed E-state index contributed by atoms with van der Waals surface area (Å²) in [6.07, 6.45) is 0. The monoisotopic (exact) mass is 277 g/mol. The van der Waals surface area contributed by atoms with Gasteiger partial charge in [-0.15, -0.1) is 0 Å². The van der Waals surface area contributed by atoms with Gasteiger partial charge in [-0.3, -0.25) is 4.79 Å². The molecule has 2 rings (SSSR count). The van der Waals surface area contributed by atoms with E-state index in [0.717, 1.165) is 0 Å². The van der Waals surface area contributed by atoms with E-state index in [1.54, 1.807) is 33.1 Å². The van der Waals surface area contributed by atoms with Crippen molar-refractivity contribution in [3.05, 3.63) is 24.3 Å². The molecule has 1 fully saturated rings. The average molecular weight is 277 g/mol. The predicted octanol–water partition coefficient (Wildman–Crippen LogP) is 1.44. The van der Waals surface area contributed by atoms with Crippen molar-refractivity contribution in [2.75, 3.05) is 25.5 Å². The molecule has 1 aromatic carbocycles. The van der Waals surface area contributed by atoms with Gasteiger partial charge in [-0.1, -0.05) is 12.1 Å². The summed E-state index contributed by atoms with van der Waals surface area (Å²) < 4.78 is 5.19. The molecule has 0 aliphatic carbocycles. The van der Waals surface area contributed by atoms with E-state index in [1.807, 2.05) is 12.1 Å². The highest BCUT2D eigenvalue weighted by Gasteiger charge is 2.40. The van der Waals surface area contributed by atoms with Gasteiger partial charge in [0.05, 0.1) is 12.8 Å². The molecular weight excluding hydrogens is 258 g/mol. The van der Waals surface area contributed by atoms with Crippen LogP contribution in [0, 0.1) is 0 Å². The first-order valence-corrected chi connectivity index (χ1v) is 6.46. The highest BCUT2D eigenvalue weighted by Crippen LogP contribution is 2.25. The molecule has 0 radical (unpaired) electrons. The van der Waals surface area contributed by atoms with E-state index < -0.39 is 5.54 Å². The Bertz CT molecular complexity index is 528. The predicted molar refractivity (Wildman–Crippen MR) is 75.8 cm³/mol. The zero-order valence-corrected chi connectivity index (χ0v) is 11.9. The van der Waals surface area contributed by atoms with E-state index in [2.05, 4.69) is 10.6 Å². The first-order valence-electron chi connectivity index (χ1n) is 6.46. The number of para-hydroxylation sites is 2. The van der Waals surface area contributed by atoms with Crippen LogP contribution in [-0.2, 0) is 4.79 Å². The van der Waals surface area contributed by atoms with Gasteiger partial charge >= 0.3 is 6.03 Å². The fourth-order valence-electron chi connectivity index (χ4n) is 2.19. The Morgan fingerprint density at radius 2 is 2.10 bits per heavy atom. The molecule has 108 valence electrons. The maximum Gasteiger partial charge on any atom is 0.322 e. The lowest BCUT2D eigenvalue weighted by molar-refractivity contribution is -0.132. The minimum Gasteiger partial charge on any atom is -0.495 e. The number of carbonyl (C=O) groups excluding carboxylic acids is 2. The normalized spacial score (nSPS) is 17.4. The van der Waals surface area contributed by atoms with Crippen LogP contribution in [0.5, 0.6) is 5.75 Å². The van der Waals surface area contributed by atoms with Gasteiger partial charge in [0.25, 0.3) is 0 Å². The molecule has 1 aliphatic heterocycles. The Morgan fingerprint density at radius 3 is 2.80 bits per heavy atom. The van der Waals surface area contributed by atoms with Gasteiger partial charge in [-0.25, -0.2) is 4.79 Å². The SMILES string of the molecule is COc1ccccc1NC(=O)N1CCNC(=O)C1(C)C. The number of methoxy groups -OCH3 is 1. The van der Waals surface area contributed by atoms with Crippen molar-refractivity contribution in [3.63, 3.8) is 0 Å². The molecule has 1 aliphatic rings. The number of amides is 3. The van der Waals surface area contributed by atoms with Crippen molar-refractivity contribution in [2.45, 2.75) is 19.4 Å². The van der Waals surface area contributed by atoms with Gasteiger partial charge in [0, 0.05) is 13.1 Å². The van der Waals surface area contributed by atoms with Crippen LogP contribution >= 0.6 is 0 Å². The third-order valence-electron chi connectivity index (χ3n) is 3.45. The minimum atomic E-state index is -0.871. The summed E-state index contributed by atoms with van der Waals surface area (Å²) >= 11 is 0. The number of benzene rings is 1. The maximum atomic E-state index is 12.4. The number of rotatable bonds is 2. The van der Waals surface area contributed by atoms with E-state index in [9.17, 15) is 9.59 Å². The van der Waals surface area contributed by atoms with Crippen LogP contribution in [0.2, 0.25) is 0 Å². The number of carbonyl (C=O) groups is 2. The van der Waals surface area contributed by atoms with Crippen LogP contribution in [0.3, 0.4) is 0 Å². The maximum absolute atomic E-state index is 12.4.